The molecule has 4 amide bonds. The summed E-state index contributed by atoms with van der Waals surface area (Å²) in [4.78, 5) is 56.1. The fourth-order valence-corrected chi connectivity index (χ4v) is 7.08. The monoisotopic (exact) mass is 553 g/mol. The number of thiophene rings is 1. The predicted molar refractivity (Wildman–Crippen MR) is 132 cm³/mol. The number of carbonyl (C=O) groups excluding carboxylic acids is 3. The lowest BCUT2D eigenvalue weighted by Crippen LogP contribution is -2.81. The van der Waals surface area contributed by atoms with Crippen LogP contribution in [0.1, 0.15) is 16.7 Å². The summed E-state index contributed by atoms with van der Waals surface area (Å²) in [6.07, 6.45) is 0. The zero-order valence-electron chi connectivity index (χ0n) is 19.4. The SMILES string of the molecule is CO[C@@]1(NC(=O)C(NC(N)=O)c2cccs2)C(=O)N2C(C(=O)O)=C(CSc3nc(C)n(C)n3)CSC21. The van der Waals surface area contributed by atoms with Crippen molar-refractivity contribution in [1.29, 1.82) is 0 Å². The van der Waals surface area contributed by atoms with Gasteiger partial charge in [0.05, 0.1) is 0 Å². The van der Waals surface area contributed by atoms with Gasteiger partial charge in [0.2, 0.25) is 5.16 Å². The minimum absolute atomic E-state index is 0.157. The number of methoxy groups -OCH3 is 1. The average Bonchev–Trinajstić information content (AvgIpc) is 3.48. The molecule has 5 N–H and O–H groups in total. The van der Waals surface area contributed by atoms with Crippen molar-refractivity contribution in [2.45, 2.75) is 29.2 Å². The van der Waals surface area contributed by atoms with Crippen LogP contribution in [0.4, 0.5) is 4.79 Å². The van der Waals surface area contributed by atoms with E-state index in [4.69, 9.17) is 10.5 Å². The molecule has 192 valence electrons. The second kappa shape index (κ2) is 10.1. The van der Waals surface area contributed by atoms with Crippen LogP contribution < -0.4 is 16.4 Å². The minimum Gasteiger partial charge on any atom is -0.477 e. The number of rotatable bonds is 9. The first kappa shape index (κ1) is 26.0. The predicted octanol–water partition coefficient (Wildman–Crippen LogP) is 0.399. The van der Waals surface area contributed by atoms with Crippen LogP contribution in [0.15, 0.2) is 33.9 Å². The van der Waals surface area contributed by atoms with Crippen molar-refractivity contribution in [2.75, 3.05) is 18.6 Å². The van der Waals surface area contributed by atoms with Crippen molar-refractivity contribution in [1.82, 2.24) is 30.3 Å². The Balaban J connectivity index is 1.56. The van der Waals surface area contributed by atoms with E-state index in [-0.39, 0.29) is 17.2 Å². The molecule has 0 spiro atoms. The number of nitrogens with zero attached hydrogens (tertiary/aromatic N) is 4. The smallest absolute Gasteiger partial charge is 0.352 e. The number of hydrogen-bond acceptors (Lipinski definition) is 10. The largest absolute Gasteiger partial charge is 0.477 e. The number of ether oxygens (including phenoxy) is 1. The van der Waals surface area contributed by atoms with Crippen LogP contribution in [-0.4, -0.2) is 78.3 Å². The molecule has 13 nitrogen and oxygen atoms in total. The van der Waals surface area contributed by atoms with Crippen LogP contribution in [0, 0.1) is 6.92 Å². The number of fused-ring (bicyclic) bond motifs is 1. The highest BCUT2D eigenvalue weighted by Gasteiger charge is 2.67. The van der Waals surface area contributed by atoms with E-state index in [1.807, 2.05) is 0 Å². The molecule has 0 radical (unpaired) electrons. The van der Waals surface area contributed by atoms with Gasteiger partial charge in [-0.1, -0.05) is 17.8 Å². The first-order chi connectivity index (χ1) is 17.1. The molecule has 0 bridgehead atoms. The summed E-state index contributed by atoms with van der Waals surface area (Å²) in [5, 5.41) is 20.5. The summed E-state index contributed by atoms with van der Waals surface area (Å²) in [5.41, 5.74) is 3.80. The molecular weight excluding hydrogens is 530 g/mol. The number of β-lactam (4-membered cyclic amide) rings is 1. The number of urea groups is 1. The molecule has 0 aromatic carbocycles. The molecule has 2 aromatic heterocycles. The molecule has 4 rings (SSSR count). The number of nitrogens with two attached hydrogens (primary N) is 1. The normalized spacial score (nSPS) is 22.0. The zero-order valence-corrected chi connectivity index (χ0v) is 21.8. The average molecular weight is 554 g/mol. The third kappa shape index (κ3) is 4.56. The van der Waals surface area contributed by atoms with Gasteiger partial charge in [0.25, 0.3) is 17.5 Å². The van der Waals surface area contributed by atoms with E-state index in [1.54, 1.807) is 36.2 Å². The maximum absolute atomic E-state index is 13.3. The van der Waals surface area contributed by atoms with Crippen molar-refractivity contribution in [3.63, 3.8) is 0 Å². The number of aliphatic carboxylic acids is 1. The number of nitrogens with one attached hydrogen (secondary N) is 2. The number of primary amides is 1. The fraction of sp³-hybridized carbons (Fsp3) is 0.400. The summed E-state index contributed by atoms with van der Waals surface area (Å²) >= 11 is 3.75. The number of carboxylic acid groups (broad SMARTS) is 1. The van der Waals surface area contributed by atoms with E-state index in [2.05, 4.69) is 20.7 Å². The van der Waals surface area contributed by atoms with Crippen molar-refractivity contribution in [3.05, 3.63) is 39.5 Å². The molecule has 2 aliphatic heterocycles. The van der Waals surface area contributed by atoms with Gasteiger partial charge in [0.1, 0.15) is 22.9 Å². The van der Waals surface area contributed by atoms with Gasteiger partial charge in [-0.05, 0) is 23.9 Å². The maximum Gasteiger partial charge on any atom is 0.352 e. The van der Waals surface area contributed by atoms with Gasteiger partial charge in [-0.2, -0.15) is 0 Å². The highest BCUT2D eigenvalue weighted by molar-refractivity contribution is 8.01. The van der Waals surface area contributed by atoms with Crippen LogP contribution in [0.2, 0.25) is 0 Å². The summed E-state index contributed by atoms with van der Waals surface area (Å²) in [5.74, 6) is -1.45. The van der Waals surface area contributed by atoms with Gasteiger partial charge in [-0.15, -0.1) is 28.2 Å². The van der Waals surface area contributed by atoms with Crippen LogP contribution >= 0.6 is 34.9 Å². The van der Waals surface area contributed by atoms with Gasteiger partial charge in [0, 0.05) is 30.5 Å². The zero-order chi connectivity index (χ0) is 26.2. The number of carboxylic acids is 1. The van der Waals surface area contributed by atoms with E-state index in [9.17, 15) is 24.3 Å². The number of carbonyl (C=O) groups is 4. The Bertz CT molecular complexity index is 1230. The first-order valence-corrected chi connectivity index (χ1v) is 13.4. The number of aryl methyl sites for hydroxylation is 2. The van der Waals surface area contributed by atoms with Gasteiger partial charge in [0.15, 0.2) is 0 Å². The van der Waals surface area contributed by atoms with Crippen LogP contribution in [0.3, 0.4) is 0 Å². The lowest BCUT2D eigenvalue weighted by Gasteiger charge is -2.56. The summed E-state index contributed by atoms with van der Waals surface area (Å²) < 4.78 is 7.10. The first-order valence-electron chi connectivity index (χ1n) is 10.5. The Hall–Kier alpha value is -3.08. The molecular formula is C20H23N7O6S3. The van der Waals surface area contributed by atoms with E-state index in [1.165, 1.54) is 42.0 Å². The number of amides is 4. The van der Waals surface area contributed by atoms with E-state index in [0.29, 0.717) is 21.4 Å². The number of aromatic nitrogens is 3. The van der Waals surface area contributed by atoms with E-state index >= 15 is 0 Å². The molecule has 0 saturated carbocycles. The number of hydrogen-bond donors (Lipinski definition) is 4. The molecule has 0 aliphatic carbocycles. The molecule has 3 atom stereocenters. The molecule has 1 saturated heterocycles. The Kier molecular flexibility index (Phi) is 7.31. The maximum atomic E-state index is 13.3. The van der Waals surface area contributed by atoms with Gasteiger partial charge in [-0.25, -0.2) is 14.6 Å². The topological polar surface area (TPSA) is 182 Å². The van der Waals surface area contributed by atoms with E-state index < -0.39 is 41.0 Å². The highest BCUT2D eigenvalue weighted by atomic mass is 32.2. The van der Waals surface area contributed by atoms with Crippen molar-refractivity contribution in [2.24, 2.45) is 12.8 Å². The highest BCUT2D eigenvalue weighted by Crippen LogP contribution is 2.47. The molecule has 16 heteroatoms. The molecule has 2 aromatic rings. The lowest BCUT2D eigenvalue weighted by atomic mass is 9.97. The van der Waals surface area contributed by atoms with Crippen LogP contribution in [-0.2, 0) is 26.2 Å². The number of thioether (sulfide) groups is 2. The summed E-state index contributed by atoms with van der Waals surface area (Å²) in [6, 6.07) is 1.27. The quantitative estimate of drug-likeness (QED) is 0.193. The third-order valence-electron chi connectivity index (χ3n) is 5.66. The standard InChI is InChI=1S/C20H23N7O6S3/c1-9-22-19(25-26(9)2)36-8-10-7-35-17-20(33-3,16(31)27(17)13(10)15(29)30)24-14(28)12(23-18(21)32)11-5-4-6-34-11/h4-6,12,17H,7-8H2,1-3H3,(H,24,28)(H,29,30)(H3,21,23,32)/t12?,17?,20-/m0/s1. The molecule has 36 heavy (non-hydrogen) atoms. The molecule has 2 aliphatic rings. The Morgan fingerprint density at radius 2 is 2.19 bits per heavy atom. The van der Waals surface area contributed by atoms with Crippen molar-refractivity contribution >= 4 is 58.7 Å². The van der Waals surface area contributed by atoms with Gasteiger partial charge >= 0.3 is 12.0 Å². The lowest BCUT2D eigenvalue weighted by molar-refractivity contribution is -0.192. The van der Waals surface area contributed by atoms with E-state index in [0.717, 1.165) is 4.90 Å². The molecule has 2 unspecified atom stereocenters. The van der Waals surface area contributed by atoms with Crippen molar-refractivity contribution in [3.8, 4) is 0 Å². The minimum atomic E-state index is -1.81. The third-order valence-corrected chi connectivity index (χ3v) is 8.89. The second-order valence-electron chi connectivity index (χ2n) is 7.84. The second-order valence-corrected chi connectivity index (χ2v) is 10.8. The Morgan fingerprint density at radius 3 is 2.75 bits per heavy atom. The molecule has 4 heterocycles. The fourth-order valence-electron chi connectivity index (χ4n) is 3.82. The van der Waals surface area contributed by atoms with Crippen LogP contribution in [0.5, 0.6) is 0 Å². The van der Waals surface area contributed by atoms with Gasteiger partial charge in [-0.3, -0.25) is 19.2 Å². The van der Waals surface area contributed by atoms with Crippen LogP contribution in [0.25, 0.3) is 0 Å². The Labute approximate surface area is 217 Å². The Morgan fingerprint density at radius 1 is 1.44 bits per heavy atom. The molecule has 1 fully saturated rings. The van der Waals surface area contributed by atoms with Crippen molar-refractivity contribution < 1.29 is 29.0 Å². The summed E-state index contributed by atoms with van der Waals surface area (Å²) in [7, 11) is 3.01. The summed E-state index contributed by atoms with van der Waals surface area (Å²) in [6.45, 7) is 1.80. The van der Waals surface area contributed by atoms with Gasteiger partial charge < -0.3 is 26.2 Å².